The van der Waals surface area contributed by atoms with Crippen molar-refractivity contribution in [1.82, 2.24) is 14.9 Å². The smallest absolute Gasteiger partial charge is 0.0948 e. The Labute approximate surface area is 91.9 Å². The highest BCUT2D eigenvalue weighted by Gasteiger charge is 2.17. The molecule has 0 aliphatic carbocycles. The number of hydrogen-bond donors (Lipinski definition) is 1. The normalized spacial score (nSPS) is 21.8. The van der Waals surface area contributed by atoms with Gasteiger partial charge in [-0.2, -0.15) is 0 Å². The second-order valence-electron chi connectivity index (χ2n) is 4.37. The fraction of sp³-hybridized carbons (Fsp3) is 0.750. The predicted molar refractivity (Wildman–Crippen MR) is 61.7 cm³/mol. The summed E-state index contributed by atoms with van der Waals surface area (Å²) in [5, 5.41) is 3.58. The van der Waals surface area contributed by atoms with Crippen molar-refractivity contribution < 1.29 is 0 Å². The van der Waals surface area contributed by atoms with Gasteiger partial charge in [-0.05, 0) is 25.8 Å². The summed E-state index contributed by atoms with van der Waals surface area (Å²) in [5.41, 5.74) is 1.38. The van der Waals surface area contributed by atoms with Crippen LogP contribution in [0.5, 0.6) is 0 Å². The first-order valence-corrected chi connectivity index (χ1v) is 6.15. The van der Waals surface area contributed by atoms with Gasteiger partial charge in [0.05, 0.1) is 12.0 Å². The Kier molecular flexibility index (Phi) is 3.78. The minimum absolute atomic E-state index is 0.540. The summed E-state index contributed by atoms with van der Waals surface area (Å²) in [4.78, 5) is 4.27. The lowest BCUT2D eigenvalue weighted by Crippen LogP contribution is -2.28. The first-order chi connectivity index (χ1) is 7.42. The zero-order valence-electron chi connectivity index (χ0n) is 9.58. The zero-order valence-corrected chi connectivity index (χ0v) is 9.58. The molecule has 1 fully saturated rings. The molecular formula is C12H21N3. The summed E-state index contributed by atoms with van der Waals surface area (Å²) < 4.78 is 2.31. The van der Waals surface area contributed by atoms with Crippen LogP contribution in [0.1, 0.15) is 50.8 Å². The van der Waals surface area contributed by atoms with Crippen molar-refractivity contribution in [2.75, 3.05) is 6.54 Å². The molecule has 1 aliphatic heterocycles. The molecular weight excluding hydrogens is 186 g/mol. The van der Waals surface area contributed by atoms with Crippen LogP contribution in [0.4, 0.5) is 0 Å². The molecule has 3 heteroatoms. The van der Waals surface area contributed by atoms with Gasteiger partial charge in [0.1, 0.15) is 0 Å². The molecule has 1 saturated heterocycles. The number of unbranched alkanes of at least 4 members (excludes halogenated alkanes) is 1. The van der Waals surface area contributed by atoms with E-state index < -0.39 is 0 Å². The van der Waals surface area contributed by atoms with Crippen LogP contribution in [-0.4, -0.2) is 16.1 Å². The monoisotopic (exact) mass is 207 g/mol. The minimum Gasteiger partial charge on any atom is -0.333 e. The van der Waals surface area contributed by atoms with E-state index in [2.05, 4.69) is 21.8 Å². The molecule has 0 radical (unpaired) electrons. The molecule has 0 spiro atoms. The lowest BCUT2D eigenvalue weighted by atomic mass is 10.0. The average Bonchev–Trinajstić information content (AvgIpc) is 2.75. The van der Waals surface area contributed by atoms with Gasteiger partial charge in [-0.3, -0.25) is 0 Å². The third-order valence-electron chi connectivity index (χ3n) is 3.16. The largest absolute Gasteiger partial charge is 0.333 e. The molecule has 15 heavy (non-hydrogen) atoms. The molecule has 2 rings (SSSR count). The van der Waals surface area contributed by atoms with E-state index in [9.17, 15) is 0 Å². The van der Waals surface area contributed by atoms with Crippen LogP contribution in [0.15, 0.2) is 12.5 Å². The molecule has 0 saturated carbocycles. The second-order valence-corrected chi connectivity index (χ2v) is 4.37. The fourth-order valence-corrected chi connectivity index (χ4v) is 2.24. The standard InChI is InChI=1S/C12H21N3/c1-2-3-8-15-10-13-9-12(15)11-6-4-5-7-14-11/h9-11,14H,2-8H2,1H3. The highest BCUT2D eigenvalue weighted by molar-refractivity contribution is 5.06. The first kappa shape index (κ1) is 10.7. The van der Waals surface area contributed by atoms with E-state index in [0.717, 1.165) is 13.1 Å². The van der Waals surface area contributed by atoms with Gasteiger partial charge in [0.2, 0.25) is 0 Å². The van der Waals surface area contributed by atoms with Crippen LogP contribution < -0.4 is 5.32 Å². The van der Waals surface area contributed by atoms with Gasteiger partial charge in [0.25, 0.3) is 0 Å². The molecule has 3 nitrogen and oxygen atoms in total. The molecule has 1 aromatic heterocycles. The van der Waals surface area contributed by atoms with Crippen molar-refractivity contribution in [1.29, 1.82) is 0 Å². The SMILES string of the molecule is CCCCn1cncc1C1CCCCN1. The Morgan fingerprint density at radius 3 is 3.20 bits per heavy atom. The molecule has 0 amide bonds. The summed E-state index contributed by atoms with van der Waals surface area (Å²) in [7, 11) is 0. The molecule has 84 valence electrons. The number of aromatic nitrogens is 2. The number of hydrogen-bond acceptors (Lipinski definition) is 2. The highest BCUT2D eigenvalue weighted by Crippen LogP contribution is 2.22. The summed E-state index contributed by atoms with van der Waals surface area (Å²) in [6, 6.07) is 0.540. The summed E-state index contributed by atoms with van der Waals surface area (Å²) in [6.07, 6.45) is 10.4. The van der Waals surface area contributed by atoms with Crippen LogP contribution in [-0.2, 0) is 6.54 Å². The molecule has 1 aliphatic rings. The average molecular weight is 207 g/mol. The van der Waals surface area contributed by atoms with Crippen molar-refractivity contribution in [3.8, 4) is 0 Å². The van der Waals surface area contributed by atoms with E-state index in [-0.39, 0.29) is 0 Å². The van der Waals surface area contributed by atoms with E-state index in [1.807, 2.05) is 12.5 Å². The lowest BCUT2D eigenvalue weighted by molar-refractivity contribution is 0.391. The second kappa shape index (κ2) is 5.31. The van der Waals surface area contributed by atoms with E-state index in [0.29, 0.717) is 6.04 Å². The van der Waals surface area contributed by atoms with Gasteiger partial charge in [-0.15, -0.1) is 0 Å². The van der Waals surface area contributed by atoms with Gasteiger partial charge in [0.15, 0.2) is 0 Å². The summed E-state index contributed by atoms with van der Waals surface area (Å²) >= 11 is 0. The lowest BCUT2D eigenvalue weighted by Gasteiger charge is -2.24. The predicted octanol–water partition coefficient (Wildman–Crippen LogP) is 2.50. The molecule has 0 bridgehead atoms. The maximum Gasteiger partial charge on any atom is 0.0948 e. The molecule has 2 heterocycles. The van der Waals surface area contributed by atoms with Gasteiger partial charge in [-0.25, -0.2) is 4.98 Å². The van der Waals surface area contributed by atoms with Gasteiger partial charge < -0.3 is 9.88 Å². The number of rotatable bonds is 4. The quantitative estimate of drug-likeness (QED) is 0.822. The van der Waals surface area contributed by atoms with E-state index in [1.54, 1.807) is 0 Å². The molecule has 0 aromatic carbocycles. The third kappa shape index (κ3) is 2.59. The van der Waals surface area contributed by atoms with Crippen molar-refractivity contribution in [2.24, 2.45) is 0 Å². The van der Waals surface area contributed by atoms with Crippen LogP contribution in [0.25, 0.3) is 0 Å². The Morgan fingerprint density at radius 1 is 1.53 bits per heavy atom. The zero-order chi connectivity index (χ0) is 10.5. The van der Waals surface area contributed by atoms with E-state index in [1.165, 1.54) is 37.8 Å². The van der Waals surface area contributed by atoms with Crippen molar-refractivity contribution in [3.05, 3.63) is 18.2 Å². The third-order valence-corrected chi connectivity index (χ3v) is 3.16. The number of nitrogens with one attached hydrogen (secondary N) is 1. The Hall–Kier alpha value is -0.830. The van der Waals surface area contributed by atoms with Crippen LogP contribution >= 0.6 is 0 Å². The molecule has 1 N–H and O–H groups in total. The van der Waals surface area contributed by atoms with Crippen molar-refractivity contribution in [3.63, 3.8) is 0 Å². The number of imidazole rings is 1. The van der Waals surface area contributed by atoms with Crippen molar-refractivity contribution in [2.45, 2.75) is 51.6 Å². The topological polar surface area (TPSA) is 29.9 Å². The number of piperidine rings is 1. The van der Waals surface area contributed by atoms with Gasteiger partial charge >= 0.3 is 0 Å². The Balaban J connectivity index is 2.02. The van der Waals surface area contributed by atoms with Gasteiger partial charge in [-0.1, -0.05) is 19.8 Å². The van der Waals surface area contributed by atoms with Crippen LogP contribution in [0, 0.1) is 0 Å². The summed E-state index contributed by atoms with van der Waals surface area (Å²) in [6.45, 7) is 4.50. The number of nitrogens with zero attached hydrogens (tertiary/aromatic N) is 2. The molecule has 1 atom stereocenters. The van der Waals surface area contributed by atoms with Gasteiger partial charge in [0, 0.05) is 18.8 Å². The van der Waals surface area contributed by atoms with E-state index >= 15 is 0 Å². The molecule has 1 aromatic rings. The van der Waals surface area contributed by atoms with Crippen LogP contribution in [0.3, 0.4) is 0 Å². The maximum absolute atomic E-state index is 4.27. The fourth-order valence-electron chi connectivity index (χ4n) is 2.24. The Bertz CT molecular complexity index is 287. The Morgan fingerprint density at radius 2 is 2.47 bits per heavy atom. The summed E-state index contributed by atoms with van der Waals surface area (Å²) in [5.74, 6) is 0. The molecule has 1 unspecified atom stereocenters. The highest BCUT2D eigenvalue weighted by atomic mass is 15.1. The van der Waals surface area contributed by atoms with Crippen LogP contribution in [0.2, 0.25) is 0 Å². The minimum atomic E-state index is 0.540. The number of aryl methyl sites for hydroxylation is 1. The van der Waals surface area contributed by atoms with Crippen molar-refractivity contribution >= 4 is 0 Å². The maximum atomic E-state index is 4.27. The van der Waals surface area contributed by atoms with E-state index in [4.69, 9.17) is 0 Å². The first-order valence-electron chi connectivity index (χ1n) is 6.15.